The summed E-state index contributed by atoms with van der Waals surface area (Å²) in [6.07, 6.45) is 0. The van der Waals surface area contributed by atoms with Crippen molar-refractivity contribution in [3.05, 3.63) is 36.0 Å². The highest BCUT2D eigenvalue weighted by Crippen LogP contribution is 2.18. The van der Waals surface area contributed by atoms with Crippen molar-refractivity contribution in [3.8, 4) is 11.3 Å². The molecular weight excluding hydrogens is 162 g/mol. The molecular formula is C10H11N3. The minimum Gasteiger partial charge on any atom is -0.187 e. The van der Waals surface area contributed by atoms with Crippen molar-refractivity contribution >= 4 is 0 Å². The van der Waals surface area contributed by atoms with Gasteiger partial charge in [-0.1, -0.05) is 30.3 Å². The Balaban J connectivity index is 2.53. The Hall–Kier alpha value is -1.64. The molecule has 3 heteroatoms. The Morgan fingerprint density at radius 1 is 1.08 bits per heavy atom. The highest BCUT2D eigenvalue weighted by molar-refractivity contribution is 5.60. The van der Waals surface area contributed by atoms with Gasteiger partial charge in [0.15, 0.2) is 0 Å². The molecule has 0 aliphatic heterocycles. The Morgan fingerprint density at radius 2 is 1.77 bits per heavy atom. The van der Waals surface area contributed by atoms with E-state index in [2.05, 4.69) is 10.2 Å². The predicted molar refractivity (Wildman–Crippen MR) is 51.2 cm³/mol. The van der Waals surface area contributed by atoms with Crippen molar-refractivity contribution in [1.29, 1.82) is 0 Å². The zero-order valence-electron chi connectivity index (χ0n) is 7.73. The van der Waals surface area contributed by atoms with Crippen molar-refractivity contribution < 1.29 is 0 Å². The van der Waals surface area contributed by atoms with Crippen LogP contribution in [0.1, 0.15) is 5.69 Å². The Bertz CT molecular complexity index is 403. The molecule has 0 radical (unpaired) electrons. The first-order valence-electron chi connectivity index (χ1n) is 4.21. The molecule has 2 aromatic rings. The molecule has 1 heterocycles. The Morgan fingerprint density at radius 3 is 2.31 bits per heavy atom. The van der Waals surface area contributed by atoms with Crippen molar-refractivity contribution in [3.63, 3.8) is 0 Å². The second kappa shape index (κ2) is 3.01. The lowest BCUT2D eigenvalue weighted by Crippen LogP contribution is -1.91. The van der Waals surface area contributed by atoms with E-state index in [-0.39, 0.29) is 0 Å². The highest BCUT2D eigenvalue weighted by atomic mass is 15.5. The first kappa shape index (κ1) is 7.98. The third-order valence-corrected chi connectivity index (χ3v) is 1.93. The van der Waals surface area contributed by atoms with Crippen LogP contribution in [0.25, 0.3) is 11.3 Å². The minimum atomic E-state index is 0.961. The van der Waals surface area contributed by atoms with E-state index >= 15 is 0 Å². The standard InChI is InChI=1S/C10H11N3/c1-8-10(12-13(2)11-8)9-6-4-3-5-7-9/h3-7H,1-2H3. The van der Waals surface area contributed by atoms with E-state index in [1.807, 2.05) is 44.3 Å². The molecule has 0 saturated heterocycles. The van der Waals surface area contributed by atoms with Crippen LogP contribution in [0.3, 0.4) is 0 Å². The average Bonchev–Trinajstić information content (AvgIpc) is 2.47. The molecule has 1 aromatic carbocycles. The summed E-state index contributed by atoms with van der Waals surface area (Å²) in [7, 11) is 1.83. The van der Waals surface area contributed by atoms with Crippen molar-refractivity contribution in [2.75, 3.05) is 0 Å². The van der Waals surface area contributed by atoms with E-state index in [4.69, 9.17) is 0 Å². The summed E-state index contributed by atoms with van der Waals surface area (Å²) < 4.78 is 0. The van der Waals surface area contributed by atoms with Gasteiger partial charge >= 0.3 is 0 Å². The zero-order chi connectivity index (χ0) is 9.26. The molecule has 3 nitrogen and oxygen atoms in total. The SMILES string of the molecule is Cc1nn(C)nc1-c1ccccc1. The Labute approximate surface area is 77.0 Å². The normalized spacial score (nSPS) is 10.3. The number of benzene rings is 1. The third-order valence-electron chi connectivity index (χ3n) is 1.93. The summed E-state index contributed by atoms with van der Waals surface area (Å²) in [4.78, 5) is 1.59. The highest BCUT2D eigenvalue weighted by Gasteiger charge is 2.05. The lowest BCUT2D eigenvalue weighted by molar-refractivity contribution is 0.651. The van der Waals surface area contributed by atoms with Crippen LogP contribution in [0, 0.1) is 6.92 Å². The van der Waals surface area contributed by atoms with E-state index in [9.17, 15) is 0 Å². The van der Waals surface area contributed by atoms with E-state index in [0.717, 1.165) is 17.0 Å². The molecule has 0 amide bonds. The van der Waals surface area contributed by atoms with Gasteiger partial charge in [0, 0.05) is 12.6 Å². The van der Waals surface area contributed by atoms with Crippen molar-refractivity contribution in [2.24, 2.45) is 7.05 Å². The quantitative estimate of drug-likeness (QED) is 0.658. The molecule has 0 aliphatic carbocycles. The zero-order valence-corrected chi connectivity index (χ0v) is 7.73. The molecule has 0 unspecified atom stereocenters. The molecule has 2 rings (SSSR count). The average molecular weight is 173 g/mol. The van der Waals surface area contributed by atoms with Gasteiger partial charge in [-0.15, -0.1) is 0 Å². The molecule has 0 bridgehead atoms. The fourth-order valence-corrected chi connectivity index (χ4v) is 1.37. The maximum absolute atomic E-state index is 4.29. The molecule has 0 atom stereocenters. The summed E-state index contributed by atoms with van der Waals surface area (Å²) in [5.74, 6) is 0. The number of aryl methyl sites for hydroxylation is 2. The van der Waals surface area contributed by atoms with Crippen LogP contribution in [-0.2, 0) is 7.05 Å². The van der Waals surface area contributed by atoms with Crippen LogP contribution in [0.2, 0.25) is 0 Å². The van der Waals surface area contributed by atoms with Crippen LogP contribution in [-0.4, -0.2) is 15.0 Å². The van der Waals surface area contributed by atoms with Crippen LogP contribution >= 0.6 is 0 Å². The lowest BCUT2D eigenvalue weighted by atomic mass is 10.1. The van der Waals surface area contributed by atoms with E-state index in [1.165, 1.54) is 0 Å². The molecule has 66 valence electrons. The molecule has 0 fully saturated rings. The molecule has 13 heavy (non-hydrogen) atoms. The van der Waals surface area contributed by atoms with Crippen molar-refractivity contribution in [1.82, 2.24) is 15.0 Å². The number of nitrogens with zero attached hydrogens (tertiary/aromatic N) is 3. The van der Waals surface area contributed by atoms with E-state index in [1.54, 1.807) is 4.80 Å². The molecule has 0 saturated carbocycles. The van der Waals surface area contributed by atoms with E-state index in [0.29, 0.717) is 0 Å². The summed E-state index contributed by atoms with van der Waals surface area (Å²) in [6.45, 7) is 1.97. The fourth-order valence-electron chi connectivity index (χ4n) is 1.37. The number of hydrogen-bond acceptors (Lipinski definition) is 2. The molecule has 0 N–H and O–H groups in total. The summed E-state index contributed by atoms with van der Waals surface area (Å²) in [6, 6.07) is 10.1. The van der Waals surface area contributed by atoms with Crippen molar-refractivity contribution in [2.45, 2.75) is 6.92 Å². The second-order valence-electron chi connectivity index (χ2n) is 2.99. The largest absolute Gasteiger partial charge is 0.187 e. The fraction of sp³-hybridized carbons (Fsp3) is 0.200. The summed E-state index contributed by atoms with van der Waals surface area (Å²) in [5, 5.41) is 8.48. The van der Waals surface area contributed by atoms with Gasteiger partial charge in [0.25, 0.3) is 0 Å². The Kier molecular flexibility index (Phi) is 1.85. The lowest BCUT2D eigenvalue weighted by Gasteiger charge is -1.94. The van der Waals surface area contributed by atoms with Crippen LogP contribution in [0.15, 0.2) is 30.3 Å². The number of rotatable bonds is 1. The number of hydrogen-bond donors (Lipinski definition) is 0. The van der Waals surface area contributed by atoms with Gasteiger partial charge < -0.3 is 0 Å². The maximum atomic E-state index is 4.29. The first-order valence-corrected chi connectivity index (χ1v) is 4.21. The van der Waals surface area contributed by atoms with Gasteiger partial charge in [-0.05, 0) is 6.92 Å². The molecule has 1 aromatic heterocycles. The summed E-state index contributed by atoms with van der Waals surface area (Å²) in [5.41, 5.74) is 3.05. The second-order valence-corrected chi connectivity index (χ2v) is 2.99. The van der Waals surface area contributed by atoms with Gasteiger partial charge in [0.2, 0.25) is 0 Å². The minimum absolute atomic E-state index is 0.961. The molecule has 0 spiro atoms. The van der Waals surface area contributed by atoms with Crippen LogP contribution in [0.5, 0.6) is 0 Å². The van der Waals surface area contributed by atoms with Gasteiger partial charge in [-0.3, -0.25) is 0 Å². The monoisotopic (exact) mass is 173 g/mol. The van der Waals surface area contributed by atoms with Crippen LogP contribution in [0.4, 0.5) is 0 Å². The number of aromatic nitrogens is 3. The predicted octanol–water partition coefficient (Wildman–Crippen LogP) is 1.79. The maximum Gasteiger partial charge on any atom is 0.115 e. The van der Waals surface area contributed by atoms with E-state index < -0.39 is 0 Å². The van der Waals surface area contributed by atoms with Crippen LogP contribution < -0.4 is 0 Å². The summed E-state index contributed by atoms with van der Waals surface area (Å²) >= 11 is 0. The first-order chi connectivity index (χ1) is 6.27. The third kappa shape index (κ3) is 1.45. The van der Waals surface area contributed by atoms with Gasteiger partial charge in [-0.25, -0.2) is 0 Å². The van der Waals surface area contributed by atoms with Gasteiger partial charge in [0.1, 0.15) is 5.69 Å². The van der Waals surface area contributed by atoms with Gasteiger partial charge in [-0.2, -0.15) is 15.0 Å². The smallest absolute Gasteiger partial charge is 0.115 e. The topological polar surface area (TPSA) is 30.7 Å². The molecule has 0 aliphatic rings. The van der Waals surface area contributed by atoms with Gasteiger partial charge in [0.05, 0.1) is 5.69 Å².